The number of nitrogens with zero attached hydrogens (tertiary/aromatic N) is 1. The molecule has 1 aromatic carbocycles. The SMILES string of the molecule is C=C(C)C(F)(F)CN1CCC23CC(C(N)=O)CC2(O)C1Cc1ccc(O)cc13. The monoisotopic (exact) mass is 392 g/mol. The second-order valence-electron chi connectivity index (χ2n) is 8.78. The van der Waals surface area contributed by atoms with Crippen LogP contribution in [-0.2, 0) is 16.6 Å². The maximum Gasteiger partial charge on any atom is 0.281 e. The summed E-state index contributed by atoms with van der Waals surface area (Å²) in [5.41, 5.74) is 4.99. The zero-order valence-corrected chi connectivity index (χ0v) is 15.9. The van der Waals surface area contributed by atoms with E-state index in [9.17, 15) is 23.8 Å². The summed E-state index contributed by atoms with van der Waals surface area (Å²) >= 11 is 0. The molecule has 0 aromatic heterocycles. The summed E-state index contributed by atoms with van der Waals surface area (Å²) in [6.45, 7) is 4.57. The number of aliphatic hydroxyl groups is 1. The van der Waals surface area contributed by atoms with E-state index in [1.165, 1.54) is 6.92 Å². The van der Waals surface area contributed by atoms with E-state index in [0.29, 0.717) is 25.8 Å². The maximum atomic E-state index is 14.4. The molecule has 4 rings (SSSR count). The largest absolute Gasteiger partial charge is 0.508 e. The predicted octanol–water partition coefficient (Wildman–Crippen LogP) is 2.10. The van der Waals surface area contributed by atoms with Gasteiger partial charge in [-0.1, -0.05) is 12.6 Å². The van der Waals surface area contributed by atoms with Gasteiger partial charge in [0.25, 0.3) is 5.92 Å². The number of rotatable bonds is 4. The first-order chi connectivity index (χ1) is 13.0. The molecule has 1 amide bonds. The topological polar surface area (TPSA) is 86.8 Å². The Morgan fingerprint density at radius 3 is 2.79 bits per heavy atom. The zero-order chi connectivity index (χ0) is 20.5. The summed E-state index contributed by atoms with van der Waals surface area (Å²) in [5.74, 6) is -3.98. The van der Waals surface area contributed by atoms with Crippen LogP contribution in [-0.4, -0.2) is 51.7 Å². The van der Waals surface area contributed by atoms with Crippen molar-refractivity contribution >= 4 is 5.91 Å². The van der Waals surface area contributed by atoms with Gasteiger partial charge < -0.3 is 15.9 Å². The minimum Gasteiger partial charge on any atom is -0.508 e. The van der Waals surface area contributed by atoms with Crippen LogP contribution in [0.25, 0.3) is 0 Å². The van der Waals surface area contributed by atoms with Gasteiger partial charge in [-0.3, -0.25) is 9.69 Å². The van der Waals surface area contributed by atoms with E-state index in [1.54, 1.807) is 23.1 Å². The molecule has 3 aliphatic rings. The number of likely N-dealkylation sites (tertiary alicyclic amines) is 1. The van der Waals surface area contributed by atoms with Gasteiger partial charge in [0.1, 0.15) is 5.75 Å². The number of halogens is 2. The number of carbonyl (C=O) groups excluding carboxylic acids is 1. The highest BCUT2D eigenvalue weighted by Crippen LogP contribution is 2.61. The fourth-order valence-electron chi connectivity index (χ4n) is 5.76. The van der Waals surface area contributed by atoms with E-state index < -0.39 is 41.4 Å². The highest BCUT2D eigenvalue weighted by molar-refractivity contribution is 5.78. The molecule has 28 heavy (non-hydrogen) atoms. The Kier molecular flexibility index (Phi) is 4.14. The predicted molar refractivity (Wildman–Crippen MR) is 100 cm³/mol. The molecule has 2 bridgehead atoms. The highest BCUT2D eigenvalue weighted by Gasteiger charge is 2.68. The summed E-state index contributed by atoms with van der Waals surface area (Å²) in [6.07, 6.45) is 1.33. The zero-order valence-electron chi connectivity index (χ0n) is 15.9. The Morgan fingerprint density at radius 2 is 2.14 bits per heavy atom. The quantitative estimate of drug-likeness (QED) is 0.685. The number of nitrogens with two attached hydrogens (primary N) is 1. The minimum atomic E-state index is -3.06. The Balaban J connectivity index is 1.82. The number of aromatic hydroxyl groups is 1. The first kappa shape index (κ1) is 19.3. The number of fused-ring (bicyclic) bond motifs is 1. The molecule has 152 valence electrons. The number of amides is 1. The Morgan fingerprint density at radius 1 is 1.43 bits per heavy atom. The molecule has 0 radical (unpaired) electrons. The number of hydrogen-bond acceptors (Lipinski definition) is 4. The number of carbonyl (C=O) groups is 1. The van der Waals surface area contributed by atoms with Gasteiger partial charge in [0.2, 0.25) is 5.91 Å². The lowest BCUT2D eigenvalue weighted by molar-refractivity contribution is -0.147. The van der Waals surface area contributed by atoms with Crippen LogP contribution in [0.3, 0.4) is 0 Å². The number of phenols is 1. The van der Waals surface area contributed by atoms with E-state index >= 15 is 0 Å². The lowest BCUT2D eigenvalue weighted by atomic mass is 9.56. The molecule has 1 saturated heterocycles. The second-order valence-corrected chi connectivity index (χ2v) is 8.78. The van der Waals surface area contributed by atoms with Crippen LogP contribution in [0, 0.1) is 5.92 Å². The first-order valence-electron chi connectivity index (χ1n) is 9.62. The molecule has 1 saturated carbocycles. The molecule has 4 atom stereocenters. The van der Waals surface area contributed by atoms with Gasteiger partial charge in [0.15, 0.2) is 0 Å². The molecular formula is C21H26F2N2O3. The molecule has 0 spiro atoms. The van der Waals surface area contributed by atoms with Crippen molar-refractivity contribution in [1.29, 1.82) is 0 Å². The second kappa shape index (κ2) is 6.00. The third-order valence-electron chi connectivity index (χ3n) is 7.25. The third-order valence-corrected chi connectivity index (χ3v) is 7.25. The van der Waals surface area contributed by atoms with Crippen LogP contribution in [0.2, 0.25) is 0 Å². The molecule has 2 fully saturated rings. The average Bonchev–Trinajstić information content (AvgIpc) is 2.93. The van der Waals surface area contributed by atoms with E-state index in [2.05, 4.69) is 6.58 Å². The molecule has 1 heterocycles. The van der Waals surface area contributed by atoms with E-state index in [0.717, 1.165) is 11.1 Å². The maximum absolute atomic E-state index is 14.4. The Hall–Kier alpha value is -1.99. The highest BCUT2D eigenvalue weighted by atomic mass is 19.3. The van der Waals surface area contributed by atoms with Crippen LogP contribution in [0.5, 0.6) is 5.75 Å². The minimum absolute atomic E-state index is 0.0905. The number of primary amides is 1. The molecule has 4 unspecified atom stereocenters. The van der Waals surface area contributed by atoms with E-state index in [1.807, 2.05) is 0 Å². The van der Waals surface area contributed by atoms with Crippen LogP contribution in [0.1, 0.15) is 37.3 Å². The van der Waals surface area contributed by atoms with Crippen LogP contribution < -0.4 is 5.73 Å². The van der Waals surface area contributed by atoms with Gasteiger partial charge in [-0.15, -0.1) is 0 Å². The van der Waals surface area contributed by atoms with Crippen LogP contribution in [0.4, 0.5) is 8.78 Å². The molecule has 7 heteroatoms. The average molecular weight is 392 g/mol. The van der Waals surface area contributed by atoms with Crippen molar-refractivity contribution in [3.8, 4) is 5.75 Å². The molecule has 2 aliphatic carbocycles. The van der Waals surface area contributed by atoms with E-state index in [-0.39, 0.29) is 17.7 Å². The van der Waals surface area contributed by atoms with Gasteiger partial charge in [-0.2, -0.15) is 0 Å². The molecule has 1 aromatic rings. The van der Waals surface area contributed by atoms with Gasteiger partial charge in [0.05, 0.1) is 12.1 Å². The van der Waals surface area contributed by atoms with Crippen LogP contribution in [0.15, 0.2) is 30.4 Å². The number of phenolic OH excluding ortho intramolecular Hbond substituents is 1. The Bertz CT molecular complexity index is 858. The number of piperidine rings is 1. The normalized spacial score (nSPS) is 34.6. The number of benzene rings is 1. The summed E-state index contributed by atoms with van der Waals surface area (Å²) in [4.78, 5) is 13.6. The number of hydrogen-bond donors (Lipinski definition) is 3. The van der Waals surface area contributed by atoms with E-state index in [4.69, 9.17) is 5.73 Å². The smallest absolute Gasteiger partial charge is 0.281 e. The summed E-state index contributed by atoms with van der Waals surface area (Å²) in [6, 6.07) is 4.46. The lowest BCUT2D eigenvalue weighted by Crippen LogP contribution is -2.70. The van der Waals surface area contributed by atoms with Gasteiger partial charge in [-0.05, 0) is 68.0 Å². The van der Waals surface area contributed by atoms with Crippen molar-refractivity contribution in [1.82, 2.24) is 4.90 Å². The molecule has 4 N–H and O–H groups in total. The van der Waals surface area contributed by atoms with Gasteiger partial charge in [-0.25, -0.2) is 8.78 Å². The van der Waals surface area contributed by atoms with Crippen molar-refractivity contribution < 1.29 is 23.8 Å². The standard InChI is InChI=1S/C21H26F2N2O3/c1-12(2)21(22,23)11-25-6-5-19-9-14(18(24)27)10-20(19,28)17(25)7-13-3-4-15(26)8-16(13)19/h3-4,8,14,17,26,28H,1,5-7,9-11H2,2H3,(H2,24,27). The summed E-state index contributed by atoms with van der Waals surface area (Å²) in [7, 11) is 0. The molecule has 1 aliphatic heterocycles. The summed E-state index contributed by atoms with van der Waals surface area (Å²) in [5, 5.41) is 21.9. The number of alkyl halides is 2. The van der Waals surface area contributed by atoms with Crippen molar-refractivity contribution in [2.45, 2.75) is 55.6 Å². The molecule has 5 nitrogen and oxygen atoms in total. The van der Waals surface area contributed by atoms with Gasteiger partial charge >= 0.3 is 0 Å². The van der Waals surface area contributed by atoms with Crippen molar-refractivity contribution in [3.63, 3.8) is 0 Å². The fourth-order valence-corrected chi connectivity index (χ4v) is 5.76. The first-order valence-corrected chi connectivity index (χ1v) is 9.62. The van der Waals surface area contributed by atoms with Crippen molar-refractivity contribution in [2.24, 2.45) is 11.7 Å². The summed E-state index contributed by atoms with van der Waals surface area (Å²) < 4.78 is 28.9. The third kappa shape index (κ3) is 2.52. The van der Waals surface area contributed by atoms with Crippen LogP contribution >= 0.6 is 0 Å². The van der Waals surface area contributed by atoms with Crippen molar-refractivity contribution in [2.75, 3.05) is 13.1 Å². The molecular weight excluding hydrogens is 366 g/mol. The Labute approximate surface area is 162 Å². The van der Waals surface area contributed by atoms with Gasteiger partial charge in [0, 0.05) is 17.4 Å². The fraction of sp³-hybridized carbons (Fsp3) is 0.571. The lowest BCUT2D eigenvalue weighted by Gasteiger charge is -2.59. The van der Waals surface area contributed by atoms with Crippen molar-refractivity contribution in [3.05, 3.63) is 41.5 Å².